The van der Waals surface area contributed by atoms with Crippen LogP contribution in [0.5, 0.6) is 11.5 Å². The highest BCUT2D eigenvalue weighted by molar-refractivity contribution is 5.77. The second kappa shape index (κ2) is 8.20. The topological polar surface area (TPSA) is 119 Å². The van der Waals surface area contributed by atoms with Gasteiger partial charge in [0.1, 0.15) is 18.2 Å². The van der Waals surface area contributed by atoms with Crippen molar-refractivity contribution in [3.05, 3.63) is 23.8 Å². The molecule has 1 aromatic rings. The molecule has 0 spiro atoms. The van der Waals surface area contributed by atoms with Gasteiger partial charge in [-0.1, -0.05) is 6.07 Å². The van der Waals surface area contributed by atoms with Crippen molar-refractivity contribution in [3.63, 3.8) is 0 Å². The molecule has 0 saturated carbocycles. The zero-order chi connectivity index (χ0) is 19.4. The number of esters is 2. The Hall–Kier alpha value is -2.28. The zero-order valence-corrected chi connectivity index (χ0v) is 15.3. The molecule has 0 aliphatic carbocycles. The summed E-state index contributed by atoms with van der Waals surface area (Å²) in [7, 11) is 0. The Labute approximate surface area is 147 Å². The molecule has 0 heterocycles. The molecule has 1 rings (SSSR count). The van der Waals surface area contributed by atoms with E-state index in [0.717, 1.165) is 0 Å². The molecule has 0 fully saturated rings. The summed E-state index contributed by atoms with van der Waals surface area (Å²) in [5.41, 5.74) is 5.77. The summed E-state index contributed by atoms with van der Waals surface area (Å²) in [6, 6.07) is 3.26. The van der Waals surface area contributed by atoms with Gasteiger partial charge in [0.05, 0.1) is 5.41 Å². The summed E-state index contributed by atoms with van der Waals surface area (Å²) < 4.78 is 10.5. The van der Waals surface area contributed by atoms with E-state index in [2.05, 4.69) is 0 Å². The lowest BCUT2D eigenvalue weighted by Gasteiger charge is -2.25. The Balaban J connectivity index is 2.58. The van der Waals surface area contributed by atoms with E-state index in [4.69, 9.17) is 15.2 Å². The molecule has 0 saturated heterocycles. The van der Waals surface area contributed by atoms with Crippen LogP contribution in [0.4, 0.5) is 0 Å². The number of benzene rings is 1. The van der Waals surface area contributed by atoms with E-state index in [0.29, 0.717) is 5.56 Å². The van der Waals surface area contributed by atoms with Crippen LogP contribution in [0.3, 0.4) is 0 Å². The van der Waals surface area contributed by atoms with E-state index in [1.165, 1.54) is 12.1 Å². The number of ether oxygens (including phenoxy) is 2. The molecule has 1 aromatic carbocycles. The van der Waals surface area contributed by atoms with Gasteiger partial charge >= 0.3 is 11.9 Å². The van der Waals surface area contributed by atoms with Crippen molar-refractivity contribution in [2.75, 3.05) is 0 Å². The molecular weight excluding hydrogens is 326 g/mol. The van der Waals surface area contributed by atoms with E-state index < -0.39 is 29.6 Å². The van der Waals surface area contributed by atoms with Crippen molar-refractivity contribution < 1.29 is 29.3 Å². The molecular formula is C18H27NO6. The normalized spacial score (nSPS) is 15.1. The predicted molar refractivity (Wildman–Crippen MR) is 92.0 cm³/mol. The molecule has 7 nitrogen and oxygen atoms in total. The maximum Gasteiger partial charge on any atom is 0.323 e. The van der Waals surface area contributed by atoms with E-state index in [9.17, 15) is 19.8 Å². The molecule has 0 aliphatic rings. The van der Waals surface area contributed by atoms with Crippen LogP contribution in [0.2, 0.25) is 0 Å². The van der Waals surface area contributed by atoms with Crippen molar-refractivity contribution in [2.45, 2.75) is 59.3 Å². The number of hydrogen-bond donors (Lipinski definition) is 3. The maximum atomic E-state index is 12.1. The highest BCUT2D eigenvalue weighted by Crippen LogP contribution is 2.25. The third-order valence-electron chi connectivity index (χ3n) is 3.67. The average molecular weight is 353 g/mol. The number of hydrogen-bond acceptors (Lipinski definition) is 7. The molecule has 0 aliphatic heterocycles. The number of carbonyl (C=O) groups is 2. The lowest BCUT2D eigenvalue weighted by molar-refractivity contribution is -0.171. The molecule has 3 atom stereocenters. The zero-order valence-electron chi connectivity index (χ0n) is 15.3. The van der Waals surface area contributed by atoms with E-state index >= 15 is 0 Å². The van der Waals surface area contributed by atoms with E-state index in [1.54, 1.807) is 40.7 Å². The third-order valence-corrected chi connectivity index (χ3v) is 3.67. The monoisotopic (exact) mass is 353 g/mol. The summed E-state index contributed by atoms with van der Waals surface area (Å²) in [6.45, 7) is 8.48. The first-order chi connectivity index (χ1) is 11.4. The first kappa shape index (κ1) is 20.8. The van der Waals surface area contributed by atoms with Gasteiger partial charge in [-0.2, -0.15) is 0 Å². The van der Waals surface area contributed by atoms with E-state index in [-0.39, 0.29) is 23.9 Å². The Kier molecular flexibility index (Phi) is 6.81. The molecule has 140 valence electrons. The van der Waals surface area contributed by atoms with Crippen LogP contribution >= 0.6 is 0 Å². The molecule has 0 aromatic heterocycles. The second-order valence-electron chi connectivity index (χ2n) is 7.14. The summed E-state index contributed by atoms with van der Waals surface area (Å²) in [5.74, 6) is -1.55. The Morgan fingerprint density at radius 3 is 2.16 bits per heavy atom. The van der Waals surface area contributed by atoms with Crippen molar-refractivity contribution in [3.8, 4) is 11.5 Å². The summed E-state index contributed by atoms with van der Waals surface area (Å²) >= 11 is 0. The Morgan fingerprint density at radius 2 is 1.64 bits per heavy atom. The fraction of sp³-hybridized carbons (Fsp3) is 0.556. The van der Waals surface area contributed by atoms with Crippen LogP contribution < -0.4 is 5.73 Å². The molecule has 0 amide bonds. The average Bonchev–Trinajstić information content (AvgIpc) is 2.49. The van der Waals surface area contributed by atoms with Crippen molar-refractivity contribution in [2.24, 2.45) is 11.1 Å². The van der Waals surface area contributed by atoms with Crippen LogP contribution in [0.25, 0.3) is 0 Å². The smallest absolute Gasteiger partial charge is 0.323 e. The molecule has 25 heavy (non-hydrogen) atoms. The van der Waals surface area contributed by atoms with E-state index in [1.807, 2.05) is 0 Å². The van der Waals surface area contributed by atoms with Gasteiger partial charge in [0, 0.05) is 0 Å². The number of phenolic OH excluding ortho intramolecular Hbond substituents is 2. The van der Waals surface area contributed by atoms with Crippen molar-refractivity contribution in [1.29, 1.82) is 0 Å². The van der Waals surface area contributed by atoms with Crippen LogP contribution in [0.1, 0.15) is 40.2 Å². The number of nitrogens with two attached hydrogens (primary N) is 1. The van der Waals surface area contributed by atoms with Gasteiger partial charge in [-0.05, 0) is 58.7 Å². The van der Waals surface area contributed by atoms with Gasteiger partial charge in [-0.3, -0.25) is 9.59 Å². The predicted octanol–water partition coefficient (Wildman–Crippen LogP) is 1.88. The van der Waals surface area contributed by atoms with Gasteiger partial charge in [0.2, 0.25) is 0 Å². The fourth-order valence-electron chi connectivity index (χ4n) is 1.84. The molecule has 0 bridgehead atoms. The summed E-state index contributed by atoms with van der Waals surface area (Å²) in [6.07, 6.45) is -1.13. The van der Waals surface area contributed by atoms with Crippen LogP contribution in [0.15, 0.2) is 18.2 Å². The van der Waals surface area contributed by atoms with Crippen molar-refractivity contribution in [1.82, 2.24) is 0 Å². The van der Waals surface area contributed by atoms with Crippen LogP contribution in [-0.4, -0.2) is 40.4 Å². The summed E-state index contributed by atoms with van der Waals surface area (Å²) in [5, 5.41) is 18.7. The largest absolute Gasteiger partial charge is 0.504 e. The minimum Gasteiger partial charge on any atom is -0.504 e. The lowest BCUT2D eigenvalue weighted by atomic mass is 9.97. The number of carbonyl (C=O) groups excluding carboxylic acids is 2. The van der Waals surface area contributed by atoms with Gasteiger partial charge in [-0.25, -0.2) is 0 Å². The van der Waals surface area contributed by atoms with Crippen molar-refractivity contribution >= 4 is 11.9 Å². The first-order valence-corrected chi connectivity index (χ1v) is 8.09. The molecule has 4 N–H and O–H groups in total. The Bertz CT molecular complexity index is 622. The summed E-state index contributed by atoms with van der Waals surface area (Å²) in [4.78, 5) is 24.0. The molecule has 1 unspecified atom stereocenters. The Morgan fingerprint density at radius 1 is 1.08 bits per heavy atom. The van der Waals surface area contributed by atoms with Gasteiger partial charge in [-0.15, -0.1) is 0 Å². The number of phenols is 2. The third kappa shape index (κ3) is 6.26. The number of rotatable bonds is 6. The SMILES string of the molecule is CC(OC(=O)C(C)(C)C)[C@H](C)OC(=O)[C@@H](N)Cc1ccc(O)c(O)c1. The van der Waals surface area contributed by atoms with Crippen LogP contribution in [0, 0.1) is 5.41 Å². The maximum absolute atomic E-state index is 12.1. The van der Waals surface area contributed by atoms with Crippen LogP contribution in [-0.2, 0) is 25.5 Å². The highest BCUT2D eigenvalue weighted by Gasteiger charge is 2.29. The number of aromatic hydroxyl groups is 2. The minimum atomic E-state index is -0.947. The first-order valence-electron chi connectivity index (χ1n) is 8.09. The van der Waals surface area contributed by atoms with Gasteiger partial charge < -0.3 is 25.4 Å². The van der Waals surface area contributed by atoms with Gasteiger partial charge in [0.25, 0.3) is 0 Å². The van der Waals surface area contributed by atoms with Gasteiger partial charge in [0.15, 0.2) is 11.5 Å². The highest BCUT2D eigenvalue weighted by atomic mass is 16.6. The lowest BCUT2D eigenvalue weighted by Crippen LogP contribution is -2.40. The molecule has 7 heteroatoms. The minimum absolute atomic E-state index is 0.134. The molecule has 0 radical (unpaired) electrons. The standard InChI is InChI=1S/C18H27NO6/c1-10(11(2)25-17(23)18(3,4)5)24-16(22)13(19)8-12-6-7-14(20)15(21)9-12/h6-7,9-11,13,20-21H,8,19H2,1-5H3/t10-,11?,13-/m0/s1. The second-order valence-corrected chi connectivity index (χ2v) is 7.14. The quantitative estimate of drug-likeness (QED) is 0.527. The fourth-order valence-corrected chi connectivity index (χ4v) is 1.84.